The number of carbonyl (C=O) groups excluding carboxylic acids is 4. The fourth-order valence-electron chi connectivity index (χ4n) is 2.67. The van der Waals surface area contributed by atoms with Crippen LogP contribution in [0.3, 0.4) is 0 Å². The van der Waals surface area contributed by atoms with Crippen molar-refractivity contribution in [3.05, 3.63) is 0 Å². The van der Waals surface area contributed by atoms with Gasteiger partial charge in [0.2, 0.25) is 0 Å². The number of rotatable bonds is 12. The van der Waals surface area contributed by atoms with E-state index in [9.17, 15) is 39.6 Å². The van der Waals surface area contributed by atoms with Crippen molar-refractivity contribution in [3.8, 4) is 0 Å². The van der Waals surface area contributed by atoms with Gasteiger partial charge >= 0.3 is 21.7 Å². The molecule has 0 aliphatic carbocycles. The Kier molecular flexibility index (Phi) is 66.1. The number of carboxylic acid groups (broad SMARTS) is 4. The van der Waals surface area contributed by atoms with Gasteiger partial charge in [0, 0.05) is 48.3 Å². The first kappa shape index (κ1) is 72.5. The first-order valence-electron chi connectivity index (χ1n) is 17.7. The SMILES string of the molecule is CC(C)NC(C)C.CC(C)NC(C)C.CC(C)NC(C)C.CC(C)NC(C)C.CC(O)C(=O)[O-].CC(O)C(=O)[O-].CC(O)C(=O)[O-].CC(O)C(=O)[O-].[Ti+4]. The van der Waals surface area contributed by atoms with Crippen LogP contribution in [0.5, 0.6) is 0 Å². The standard InChI is InChI=1S/4C6H15N.4C3H6O3.Ti/c4*1-5(2)7-6(3)4;4*1-2(4)3(5)6;/h4*5-7H,1-4H3;4*2,4H,1H3,(H,5,6);/q;;;;;;;;+4/p-4. The average molecular weight is 809 g/mol. The van der Waals surface area contributed by atoms with Crippen molar-refractivity contribution >= 4 is 23.9 Å². The maximum Gasteiger partial charge on any atom is 4.00 e. The number of aliphatic hydroxyl groups excluding tert-OH is 4. The van der Waals surface area contributed by atoms with Crippen LogP contribution in [0.15, 0.2) is 0 Å². The molecular formula is C36H80N4O12Ti. The molecule has 0 aromatic carbocycles. The van der Waals surface area contributed by atoms with Crippen LogP contribution in [0.1, 0.15) is 138 Å². The summed E-state index contributed by atoms with van der Waals surface area (Å²) in [6.45, 7) is 39.0. The third-order valence-corrected chi connectivity index (χ3v) is 4.03. The molecule has 0 saturated heterocycles. The molecule has 320 valence electrons. The summed E-state index contributed by atoms with van der Waals surface area (Å²) >= 11 is 0. The molecule has 0 saturated carbocycles. The molecule has 0 bridgehead atoms. The van der Waals surface area contributed by atoms with Crippen LogP contribution in [-0.2, 0) is 40.9 Å². The van der Waals surface area contributed by atoms with E-state index in [-0.39, 0.29) is 21.7 Å². The molecule has 0 aromatic heterocycles. The van der Waals surface area contributed by atoms with Gasteiger partial charge in [-0.25, -0.2) is 0 Å². The van der Waals surface area contributed by atoms with E-state index in [4.69, 9.17) is 20.4 Å². The fourth-order valence-corrected chi connectivity index (χ4v) is 2.67. The summed E-state index contributed by atoms with van der Waals surface area (Å²) in [6, 6.07) is 5.00. The van der Waals surface area contributed by atoms with Gasteiger partial charge in [0.25, 0.3) is 0 Å². The molecule has 0 radical (unpaired) electrons. The average Bonchev–Trinajstić information content (AvgIpc) is 2.87. The number of aliphatic hydroxyl groups is 4. The van der Waals surface area contributed by atoms with Crippen molar-refractivity contribution in [1.29, 1.82) is 0 Å². The van der Waals surface area contributed by atoms with E-state index in [2.05, 4.69) is 132 Å². The molecule has 0 spiro atoms. The second-order valence-electron chi connectivity index (χ2n) is 13.9. The summed E-state index contributed by atoms with van der Waals surface area (Å²) in [5.41, 5.74) is 0. The summed E-state index contributed by atoms with van der Waals surface area (Å²) in [4.78, 5) is 37.4. The predicted octanol–water partition coefficient (Wildman–Crippen LogP) is -1.96. The van der Waals surface area contributed by atoms with Gasteiger partial charge in [-0.05, 0) is 27.7 Å². The molecule has 4 atom stereocenters. The summed E-state index contributed by atoms with van der Waals surface area (Å²) < 4.78 is 0. The van der Waals surface area contributed by atoms with E-state index in [0.717, 1.165) is 27.7 Å². The number of hydrogen-bond donors (Lipinski definition) is 8. The van der Waals surface area contributed by atoms with Crippen molar-refractivity contribution in [2.75, 3.05) is 0 Å². The zero-order valence-electron chi connectivity index (χ0n) is 36.5. The number of nitrogens with one attached hydrogen (secondary N) is 4. The van der Waals surface area contributed by atoms with Gasteiger partial charge in [0.05, 0.1) is 48.3 Å². The Morgan fingerprint density at radius 1 is 0.302 bits per heavy atom. The minimum Gasteiger partial charge on any atom is -0.547 e. The van der Waals surface area contributed by atoms with Crippen molar-refractivity contribution in [2.45, 2.75) is 211 Å². The zero-order valence-corrected chi connectivity index (χ0v) is 38.0. The van der Waals surface area contributed by atoms with Crippen LogP contribution in [0.2, 0.25) is 0 Å². The van der Waals surface area contributed by atoms with Crippen molar-refractivity contribution in [1.82, 2.24) is 21.3 Å². The number of aliphatic carboxylic acids is 4. The molecule has 0 aliphatic heterocycles. The monoisotopic (exact) mass is 809 g/mol. The molecule has 0 aliphatic rings. The van der Waals surface area contributed by atoms with Gasteiger partial charge in [-0.1, -0.05) is 111 Å². The van der Waals surface area contributed by atoms with E-state index < -0.39 is 48.3 Å². The second kappa shape index (κ2) is 48.3. The largest absolute Gasteiger partial charge is 4.00 e. The molecule has 17 heteroatoms. The normalized spacial score (nSPS) is 12.1. The molecule has 53 heavy (non-hydrogen) atoms. The van der Waals surface area contributed by atoms with Crippen LogP contribution >= 0.6 is 0 Å². The number of carbonyl (C=O) groups is 4. The van der Waals surface area contributed by atoms with Crippen LogP contribution < -0.4 is 41.7 Å². The van der Waals surface area contributed by atoms with Crippen LogP contribution in [0.4, 0.5) is 0 Å². The maximum absolute atomic E-state index is 9.34. The Morgan fingerprint density at radius 2 is 0.358 bits per heavy atom. The molecule has 0 amide bonds. The number of carboxylic acids is 4. The Labute approximate surface area is 337 Å². The first-order chi connectivity index (χ1) is 23.1. The maximum atomic E-state index is 9.34. The fraction of sp³-hybridized carbons (Fsp3) is 0.889. The molecule has 16 nitrogen and oxygen atoms in total. The van der Waals surface area contributed by atoms with Crippen molar-refractivity contribution in [3.63, 3.8) is 0 Å². The van der Waals surface area contributed by atoms with E-state index in [1.807, 2.05) is 0 Å². The zero-order chi connectivity index (χ0) is 44.1. The van der Waals surface area contributed by atoms with Gasteiger partial charge in [-0.2, -0.15) is 0 Å². The summed E-state index contributed by atoms with van der Waals surface area (Å²) in [5, 5.41) is 82.4. The van der Waals surface area contributed by atoms with E-state index in [0.29, 0.717) is 48.3 Å². The van der Waals surface area contributed by atoms with Crippen LogP contribution in [-0.4, -0.2) is 117 Å². The smallest absolute Gasteiger partial charge is 0.547 e. The molecule has 4 unspecified atom stereocenters. The summed E-state index contributed by atoms with van der Waals surface area (Å²) in [5.74, 6) is -5.74. The van der Waals surface area contributed by atoms with Gasteiger partial charge in [0.15, 0.2) is 0 Å². The quantitative estimate of drug-likeness (QED) is 0.0994. The van der Waals surface area contributed by atoms with Crippen molar-refractivity contribution < 1.29 is 81.7 Å². The van der Waals surface area contributed by atoms with Gasteiger partial charge in [0.1, 0.15) is 0 Å². The van der Waals surface area contributed by atoms with E-state index in [1.54, 1.807) is 0 Å². The van der Waals surface area contributed by atoms with Gasteiger partial charge < -0.3 is 81.3 Å². The third kappa shape index (κ3) is 128. The molecule has 0 heterocycles. The Morgan fingerprint density at radius 3 is 0.358 bits per heavy atom. The van der Waals surface area contributed by atoms with E-state index >= 15 is 0 Å². The second-order valence-corrected chi connectivity index (χ2v) is 13.9. The Bertz CT molecular complexity index is 642. The first-order valence-corrected chi connectivity index (χ1v) is 17.7. The minimum absolute atomic E-state index is 0. The van der Waals surface area contributed by atoms with E-state index in [1.165, 1.54) is 0 Å². The number of hydrogen-bond acceptors (Lipinski definition) is 16. The molecule has 0 fully saturated rings. The van der Waals surface area contributed by atoms with Crippen LogP contribution in [0.25, 0.3) is 0 Å². The topological polar surface area (TPSA) is 290 Å². The molecule has 0 rings (SSSR count). The van der Waals surface area contributed by atoms with Gasteiger partial charge in [-0.3, -0.25) is 0 Å². The summed E-state index contributed by atoms with van der Waals surface area (Å²) in [6.07, 6.45) is -5.37. The van der Waals surface area contributed by atoms with Gasteiger partial charge in [-0.15, -0.1) is 0 Å². The van der Waals surface area contributed by atoms with Crippen molar-refractivity contribution in [2.24, 2.45) is 0 Å². The Balaban J connectivity index is -0.0000000595. The molecular weight excluding hydrogens is 728 g/mol. The molecule has 8 N–H and O–H groups in total. The molecule has 0 aromatic rings. The van der Waals surface area contributed by atoms with Crippen LogP contribution in [0, 0.1) is 0 Å². The summed E-state index contributed by atoms with van der Waals surface area (Å²) in [7, 11) is 0. The predicted molar refractivity (Wildman–Crippen MR) is 200 cm³/mol. The Hall–Kier alpha value is -1.73. The minimum atomic E-state index is -1.44. The third-order valence-electron chi connectivity index (χ3n) is 4.03.